The molecule has 29 heavy (non-hydrogen) atoms. The molecule has 1 aliphatic heterocycles. The SMILES string of the molecule is COc1ccc(COCC2CCCCCCCCCCCCC#CC(=O)O2)cc1. The van der Waals surface area contributed by atoms with Gasteiger partial charge in [-0.25, -0.2) is 4.79 Å². The van der Waals surface area contributed by atoms with Crippen LogP contribution in [0.3, 0.4) is 0 Å². The van der Waals surface area contributed by atoms with Crippen molar-refractivity contribution in [3.05, 3.63) is 29.8 Å². The van der Waals surface area contributed by atoms with Crippen molar-refractivity contribution in [2.45, 2.75) is 89.8 Å². The maximum Gasteiger partial charge on any atom is 0.384 e. The van der Waals surface area contributed by atoms with E-state index in [-0.39, 0.29) is 6.10 Å². The maximum atomic E-state index is 12.1. The van der Waals surface area contributed by atoms with E-state index >= 15 is 0 Å². The van der Waals surface area contributed by atoms with Crippen LogP contribution in [-0.2, 0) is 20.9 Å². The number of ether oxygens (including phenoxy) is 3. The number of benzene rings is 1. The van der Waals surface area contributed by atoms with Crippen LogP contribution in [0.5, 0.6) is 5.75 Å². The Morgan fingerprint density at radius 2 is 1.55 bits per heavy atom. The first-order chi connectivity index (χ1) is 14.3. The normalized spacial score (nSPS) is 20.0. The van der Waals surface area contributed by atoms with Gasteiger partial charge in [0, 0.05) is 12.3 Å². The minimum absolute atomic E-state index is 0.231. The van der Waals surface area contributed by atoms with Gasteiger partial charge in [-0.05, 0) is 37.0 Å². The molecule has 160 valence electrons. The Morgan fingerprint density at radius 1 is 0.931 bits per heavy atom. The van der Waals surface area contributed by atoms with Gasteiger partial charge in [0.2, 0.25) is 0 Å². The molecule has 0 bridgehead atoms. The summed E-state index contributed by atoms with van der Waals surface area (Å²) in [6, 6.07) is 7.81. The third-order valence-electron chi connectivity index (χ3n) is 5.27. The summed E-state index contributed by atoms with van der Waals surface area (Å²) in [6.45, 7) is 0.892. The lowest BCUT2D eigenvalue weighted by Gasteiger charge is -2.17. The van der Waals surface area contributed by atoms with Gasteiger partial charge in [0.05, 0.1) is 20.3 Å². The molecule has 0 aromatic heterocycles. The van der Waals surface area contributed by atoms with Gasteiger partial charge in [-0.2, -0.15) is 0 Å². The first-order valence-corrected chi connectivity index (χ1v) is 11.2. The Labute approximate surface area is 176 Å². The summed E-state index contributed by atoms with van der Waals surface area (Å²) in [4.78, 5) is 12.1. The molecule has 1 aromatic rings. The molecule has 0 spiro atoms. The number of cyclic esters (lactones) is 1. The fourth-order valence-electron chi connectivity index (χ4n) is 3.52. The van der Waals surface area contributed by atoms with E-state index in [9.17, 15) is 4.79 Å². The van der Waals surface area contributed by atoms with Crippen LogP contribution in [0.15, 0.2) is 24.3 Å². The van der Waals surface area contributed by atoms with Gasteiger partial charge >= 0.3 is 5.97 Å². The summed E-state index contributed by atoms with van der Waals surface area (Å²) >= 11 is 0. The van der Waals surface area contributed by atoms with Gasteiger partial charge in [-0.3, -0.25) is 0 Å². The summed E-state index contributed by atoms with van der Waals surface area (Å²) < 4.78 is 16.6. The second-order valence-corrected chi connectivity index (χ2v) is 7.77. The molecule has 0 N–H and O–H groups in total. The fraction of sp³-hybridized carbons (Fsp3) is 0.640. The number of hydrogen-bond donors (Lipinski definition) is 0. The standard InChI is InChI=1S/C25H36O4/c1-27-23-18-16-22(17-19-23)20-28-21-24-14-12-10-8-6-4-2-3-5-7-9-11-13-15-25(26)29-24/h16-19,24H,2-12,14,20-21H2,1H3. The first kappa shape index (κ1) is 23.3. The molecule has 4 nitrogen and oxygen atoms in total. The van der Waals surface area contributed by atoms with Crippen LogP contribution in [0.25, 0.3) is 0 Å². The highest BCUT2D eigenvalue weighted by Crippen LogP contribution is 2.15. The quantitative estimate of drug-likeness (QED) is 0.355. The molecule has 0 saturated carbocycles. The van der Waals surface area contributed by atoms with Crippen LogP contribution in [0.1, 0.15) is 82.6 Å². The van der Waals surface area contributed by atoms with Crippen molar-refractivity contribution in [3.8, 4) is 17.6 Å². The summed E-state index contributed by atoms with van der Waals surface area (Å²) in [5.41, 5.74) is 1.07. The van der Waals surface area contributed by atoms with Crippen LogP contribution in [0, 0.1) is 11.8 Å². The minimum atomic E-state index is -0.424. The molecule has 1 heterocycles. The predicted octanol–water partition coefficient (Wildman–Crippen LogP) is 5.82. The summed E-state index contributed by atoms with van der Waals surface area (Å²) in [5, 5.41) is 0. The molecule has 0 radical (unpaired) electrons. The Morgan fingerprint density at radius 3 is 2.21 bits per heavy atom. The van der Waals surface area contributed by atoms with Crippen LogP contribution >= 0.6 is 0 Å². The van der Waals surface area contributed by atoms with Crippen LogP contribution < -0.4 is 4.74 Å². The number of rotatable bonds is 5. The zero-order chi connectivity index (χ0) is 20.6. The number of carbonyl (C=O) groups is 1. The molecular weight excluding hydrogens is 364 g/mol. The van der Waals surface area contributed by atoms with E-state index in [1.807, 2.05) is 24.3 Å². The van der Waals surface area contributed by atoms with Crippen molar-refractivity contribution < 1.29 is 19.0 Å². The molecule has 0 saturated heterocycles. The van der Waals surface area contributed by atoms with E-state index < -0.39 is 5.97 Å². The lowest BCUT2D eigenvalue weighted by atomic mass is 10.0. The minimum Gasteiger partial charge on any atom is -0.497 e. The zero-order valence-electron chi connectivity index (χ0n) is 17.9. The second-order valence-electron chi connectivity index (χ2n) is 7.77. The zero-order valence-corrected chi connectivity index (χ0v) is 17.9. The molecule has 1 aromatic carbocycles. The highest BCUT2D eigenvalue weighted by atomic mass is 16.6. The largest absolute Gasteiger partial charge is 0.497 e. The van der Waals surface area contributed by atoms with Crippen molar-refractivity contribution >= 4 is 5.97 Å². The average molecular weight is 401 g/mol. The number of methoxy groups -OCH3 is 1. The highest BCUT2D eigenvalue weighted by Gasteiger charge is 2.14. The smallest absolute Gasteiger partial charge is 0.384 e. The van der Waals surface area contributed by atoms with Crippen molar-refractivity contribution in [2.75, 3.05) is 13.7 Å². The highest BCUT2D eigenvalue weighted by molar-refractivity contribution is 5.88. The topological polar surface area (TPSA) is 44.8 Å². The van der Waals surface area contributed by atoms with Crippen molar-refractivity contribution in [1.82, 2.24) is 0 Å². The summed E-state index contributed by atoms with van der Waals surface area (Å²) in [7, 11) is 1.65. The fourth-order valence-corrected chi connectivity index (χ4v) is 3.52. The molecular formula is C25H36O4. The second kappa shape index (κ2) is 14.9. The van der Waals surface area contributed by atoms with Crippen molar-refractivity contribution in [2.24, 2.45) is 0 Å². The first-order valence-electron chi connectivity index (χ1n) is 11.2. The van der Waals surface area contributed by atoms with E-state index in [4.69, 9.17) is 14.2 Å². The number of hydrogen-bond acceptors (Lipinski definition) is 4. The molecule has 0 aliphatic carbocycles. The van der Waals surface area contributed by atoms with E-state index in [1.54, 1.807) is 7.11 Å². The number of esters is 1. The van der Waals surface area contributed by atoms with E-state index in [0.29, 0.717) is 13.2 Å². The Balaban J connectivity index is 1.81. The molecule has 1 atom stereocenters. The summed E-state index contributed by atoms with van der Waals surface area (Å²) in [6.07, 6.45) is 13.7. The molecule has 0 fully saturated rings. The number of carbonyl (C=O) groups excluding carboxylic acids is 1. The third-order valence-corrected chi connectivity index (χ3v) is 5.27. The Hall–Kier alpha value is -1.99. The molecule has 1 unspecified atom stereocenters. The van der Waals surface area contributed by atoms with Crippen LogP contribution in [-0.4, -0.2) is 25.8 Å². The van der Waals surface area contributed by atoms with Gasteiger partial charge in [-0.1, -0.05) is 69.4 Å². The lowest BCUT2D eigenvalue weighted by Crippen LogP contribution is -2.23. The van der Waals surface area contributed by atoms with Crippen molar-refractivity contribution in [3.63, 3.8) is 0 Å². The molecule has 2 rings (SSSR count). The summed E-state index contributed by atoms with van der Waals surface area (Å²) in [5.74, 6) is 6.02. The average Bonchev–Trinajstić information content (AvgIpc) is 2.74. The van der Waals surface area contributed by atoms with Crippen LogP contribution in [0.4, 0.5) is 0 Å². The van der Waals surface area contributed by atoms with Crippen LogP contribution in [0.2, 0.25) is 0 Å². The Bertz CT molecular complexity index is 626. The lowest BCUT2D eigenvalue weighted by molar-refractivity contribution is -0.145. The predicted molar refractivity (Wildman–Crippen MR) is 116 cm³/mol. The third kappa shape index (κ3) is 10.9. The van der Waals surface area contributed by atoms with E-state index in [0.717, 1.165) is 37.0 Å². The van der Waals surface area contributed by atoms with Crippen molar-refractivity contribution in [1.29, 1.82) is 0 Å². The van der Waals surface area contributed by atoms with Gasteiger partial charge in [0.25, 0.3) is 0 Å². The van der Waals surface area contributed by atoms with Gasteiger partial charge in [-0.15, -0.1) is 0 Å². The van der Waals surface area contributed by atoms with E-state index in [2.05, 4.69) is 11.8 Å². The molecule has 0 amide bonds. The van der Waals surface area contributed by atoms with Gasteiger partial charge < -0.3 is 14.2 Å². The molecule has 1 aliphatic rings. The van der Waals surface area contributed by atoms with Gasteiger partial charge in [0.15, 0.2) is 0 Å². The van der Waals surface area contributed by atoms with Gasteiger partial charge in [0.1, 0.15) is 11.9 Å². The maximum absolute atomic E-state index is 12.1. The Kier molecular flexibility index (Phi) is 12.0. The molecule has 4 heteroatoms. The monoisotopic (exact) mass is 400 g/mol. The van der Waals surface area contributed by atoms with E-state index in [1.165, 1.54) is 51.4 Å².